The SMILES string of the molecule is C[C@@H]1CC2C3C[C@H](F)C4=CC(=O)C=C[C@]4(C)[C@@]3(F)[C@@H](O)C[C@]2(C)[C@@]1(OC(=O)CCCO[N+](=O)[O-])C(=O)COC(=O)CCNC(=O)CCCO[N+](=O)[O-]. The van der Waals surface area contributed by atoms with E-state index in [-0.39, 0.29) is 50.8 Å². The number of carbonyl (C=O) groups excluding carboxylic acids is 5. The zero-order valence-electron chi connectivity index (χ0n) is 29.0. The van der Waals surface area contributed by atoms with Crippen LogP contribution in [0.25, 0.3) is 0 Å². The van der Waals surface area contributed by atoms with Gasteiger partial charge in [-0.15, -0.1) is 20.2 Å². The van der Waals surface area contributed by atoms with Gasteiger partial charge in [-0.2, -0.15) is 0 Å². The molecule has 0 radical (unpaired) electrons. The first-order chi connectivity index (χ1) is 24.3. The third kappa shape index (κ3) is 7.36. The van der Waals surface area contributed by atoms with Crippen LogP contribution in [0.5, 0.6) is 0 Å². The molecule has 288 valence electrons. The van der Waals surface area contributed by atoms with Crippen LogP contribution in [0.1, 0.15) is 72.1 Å². The lowest BCUT2D eigenvalue weighted by molar-refractivity contribution is -0.757. The highest BCUT2D eigenvalue weighted by Gasteiger charge is 2.78. The summed E-state index contributed by atoms with van der Waals surface area (Å²) < 4.78 is 44.8. The van der Waals surface area contributed by atoms with Gasteiger partial charge in [0.25, 0.3) is 10.2 Å². The predicted molar refractivity (Wildman–Crippen MR) is 170 cm³/mol. The van der Waals surface area contributed by atoms with E-state index in [1.165, 1.54) is 13.0 Å². The first-order valence-electron chi connectivity index (χ1n) is 17.0. The molecule has 0 spiro atoms. The molecule has 19 heteroatoms. The molecule has 9 atom stereocenters. The van der Waals surface area contributed by atoms with Gasteiger partial charge in [0.2, 0.25) is 11.7 Å². The average Bonchev–Trinajstić information content (AvgIpc) is 3.28. The van der Waals surface area contributed by atoms with E-state index in [0.29, 0.717) is 0 Å². The number of fused-ring (bicyclic) bond motifs is 5. The first kappa shape index (κ1) is 40.2. The van der Waals surface area contributed by atoms with E-state index in [9.17, 15) is 49.3 Å². The van der Waals surface area contributed by atoms with Crippen LogP contribution in [0.3, 0.4) is 0 Å². The number of ketones is 2. The summed E-state index contributed by atoms with van der Waals surface area (Å²) in [4.78, 5) is 93.5. The quantitative estimate of drug-likeness (QED) is 0.0942. The maximum absolute atomic E-state index is 17.7. The number of nitrogens with zero attached hydrogens (tertiary/aromatic N) is 2. The van der Waals surface area contributed by atoms with E-state index in [1.54, 1.807) is 13.8 Å². The number of allylic oxidation sites excluding steroid dienone is 4. The molecule has 0 aromatic heterocycles. The molecule has 0 aliphatic heterocycles. The highest BCUT2D eigenvalue weighted by molar-refractivity contribution is 6.01. The minimum atomic E-state index is -2.48. The fourth-order valence-electron chi connectivity index (χ4n) is 9.07. The van der Waals surface area contributed by atoms with E-state index < -0.39 is 124 Å². The molecular weight excluding hydrogens is 700 g/mol. The summed E-state index contributed by atoms with van der Waals surface area (Å²) in [7, 11) is 0. The highest BCUT2D eigenvalue weighted by Crippen LogP contribution is 2.71. The number of carbonyl (C=O) groups is 5. The Morgan fingerprint density at radius 3 is 2.27 bits per heavy atom. The Balaban J connectivity index is 1.56. The predicted octanol–water partition coefficient (Wildman–Crippen LogP) is 2.43. The van der Waals surface area contributed by atoms with Crippen molar-refractivity contribution in [3.05, 3.63) is 44.0 Å². The second kappa shape index (κ2) is 15.6. The van der Waals surface area contributed by atoms with Crippen molar-refractivity contribution in [3.63, 3.8) is 0 Å². The fourth-order valence-corrected chi connectivity index (χ4v) is 9.07. The van der Waals surface area contributed by atoms with Gasteiger partial charge >= 0.3 is 11.9 Å². The third-order valence-corrected chi connectivity index (χ3v) is 11.3. The van der Waals surface area contributed by atoms with E-state index in [2.05, 4.69) is 15.0 Å². The summed E-state index contributed by atoms with van der Waals surface area (Å²) >= 11 is 0. The number of rotatable bonds is 17. The normalized spacial score (nSPS) is 34.5. The van der Waals surface area contributed by atoms with Crippen molar-refractivity contribution < 1.29 is 67.2 Å². The van der Waals surface area contributed by atoms with Crippen LogP contribution < -0.4 is 5.32 Å². The van der Waals surface area contributed by atoms with Crippen molar-refractivity contribution in [2.75, 3.05) is 26.4 Å². The summed E-state index contributed by atoms with van der Waals surface area (Å²) in [6.07, 6.45) is -2.01. The second-order valence-electron chi connectivity index (χ2n) is 14.2. The smallest absolute Gasteiger partial charge is 0.308 e. The minimum absolute atomic E-state index is 0.0419. The topological polar surface area (TPSA) is 241 Å². The fraction of sp³-hybridized carbons (Fsp3) is 0.727. The second-order valence-corrected chi connectivity index (χ2v) is 14.2. The number of esters is 2. The number of Topliss-reactive ketones (excluding diaryl/α,β-unsaturated/α-hetero) is 1. The molecule has 4 aliphatic rings. The van der Waals surface area contributed by atoms with Crippen LogP contribution in [0, 0.1) is 48.8 Å². The molecule has 0 bridgehead atoms. The molecule has 3 saturated carbocycles. The Morgan fingerprint density at radius 1 is 1.00 bits per heavy atom. The standard InChI is InChI=1S/C33H43F2N3O14/c1-19-14-21-22-16-24(34)23-15-20(39)8-10-30(23,2)32(22,35)25(40)17-31(21,3)33(19,52-29(44)7-5-13-51-38(47)48)26(41)18-49-28(43)9-11-36-27(42)6-4-12-50-37(45)46/h8,10,15,19,21-22,24-25,40H,4-7,9,11-14,16-18H2,1-3H3,(H,36,42)/t19-,21?,22?,24+,25+,30+,31+,32+,33+/m1/s1. The molecule has 52 heavy (non-hydrogen) atoms. The highest BCUT2D eigenvalue weighted by atomic mass is 19.1. The van der Waals surface area contributed by atoms with Crippen molar-refractivity contribution in [2.45, 2.75) is 95.7 Å². The largest absolute Gasteiger partial charge is 0.457 e. The molecule has 1 amide bonds. The van der Waals surface area contributed by atoms with Gasteiger partial charge in [-0.3, -0.25) is 24.0 Å². The van der Waals surface area contributed by atoms with Gasteiger partial charge in [-0.25, -0.2) is 8.78 Å². The van der Waals surface area contributed by atoms with Crippen molar-refractivity contribution >= 4 is 29.4 Å². The number of halogens is 2. The summed E-state index contributed by atoms with van der Waals surface area (Å²) in [5, 5.41) is 32.9. The number of ether oxygens (including phenoxy) is 2. The van der Waals surface area contributed by atoms with Gasteiger partial charge in [0, 0.05) is 42.1 Å². The van der Waals surface area contributed by atoms with E-state index in [4.69, 9.17) is 9.47 Å². The van der Waals surface area contributed by atoms with Gasteiger partial charge in [-0.05, 0) is 62.7 Å². The Kier molecular flexibility index (Phi) is 12.1. The Morgan fingerprint density at radius 2 is 1.63 bits per heavy atom. The Hall–Kier alpha value is -4.55. The van der Waals surface area contributed by atoms with Crippen molar-refractivity contribution in [2.24, 2.45) is 28.6 Å². The molecule has 2 unspecified atom stereocenters. The van der Waals surface area contributed by atoms with Gasteiger partial charge < -0.3 is 29.6 Å². The molecular formula is C33H43F2N3O14. The van der Waals surface area contributed by atoms with E-state index in [0.717, 1.165) is 12.2 Å². The maximum atomic E-state index is 17.7. The number of amides is 1. The molecule has 0 aromatic carbocycles. The number of nitrogens with one attached hydrogen (secondary N) is 1. The van der Waals surface area contributed by atoms with Gasteiger partial charge in [0.05, 0.1) is 25.7 Å². The number of aliphatic hydroxyl groups excluding tert-OH is 1. The Labute approximate surface area is 296 Å². The van der Waals surface area contributed by atoms with Crippen LogP contribution in [0.2, 0.25) is 0 Å². The minimum Gasteiger partial charge on any atom is -0.457 e. The van der Waals surface area contributed by atoms with Gasteiger partial charge in [0.15, 0.2) is 23.7 Å². The number of hydrogen-bond donors (Lipinski definition) is 2. The molecule has 0 saturated heterocycles. The summed E-state index contributed by atoms with van der Waals surface area (Å²) in [5.41, 5.74) is -7.93. The van der Waals surface area contributed by atoms with Gasteiger partial charge in [-0.1, -0.05) is 19.9 Å². The zero-order valence-corrected chi connectivity index (χ0v) is 29.0. The molecule has 3 fully saturated rings. The average molecular weight is 744 g/mol. The van der Waals surface area contributed by atoms with Crippen LogP contribution in [-0.4, -0.2) is 94.6 Å². The molecule has 0 heterocycles. The lowest BCUT2D eigenvalue weighted by Crippen LogP contribution is -2.71. The maximum Gasteiger partial charge on any atom is 0.308 e. The van der Waals surface area contributed by atoms with Crippen molar-refractivity contribution in [3.8, 4) is 0 Å². The van der Waals surface area contributed by atoms with Gasteiger partial charge in [0.1, 0.15) is 6.17 Å². The van der Waals surface area contributed by atoms with Crippen LogP contribution in [0.4, 0.5) is 8.78 Å². The molecule has 4 rings (SSSR count). The first-order valence-corrected chi connectivity index (χ1v) is 17.0. The van der Waals surface area contributed by atoms with Crippen molar-refractivity contribution in [1.82, 2.24) is 5.32 Å². The number of hydrogen-bond acceptors (Lipinski definition) is 14. The van der Waals surface area contributed by atoms with Crippen LogP contribution >= 0.6 is 0 Å². The number of aliphatic hydroxyl groups is 1. The van der Waals surface area contributed by atoms with Crippen molar-refractivity contribution in [1.29, 1.82) is 0 Å². The Bertz CT molecular complexity index is 1540. The summed E-state index contributed by atoms with van der Waals surface area (Å²) in [5.74, 6) is -6.73. The third-order valence-electron chi connectivity index (χ3n) is 11.3. The molecule has 0 aromatic rings. The molecule has 17 nitrogen and oxygen atoms in total. The van der Waals surface area contributed by atoms with E-state index in [1.807, 2.05) is 0 Å². The van der Waals surface area contributed by atoms with Crippen LogP contribution in [-0.2, 0) is 43.1 Å². The molecule has 4 aliphatic carbocycles. The summed E-state index contributed by atoms with van der Waals surface area (Å²) in [6, 6.07) is 0. The van der Waals surface area contributed by atoms with E-state index >= 15 is 8.78 Å². The van der Waals surface area contributed by atoms with Crippen LogP contribution in [0.15, 0.2) is 23.8 Å². The lowest BCUT2D eigenvalue weighted by atomic mass is 9.44. The monoisotopic (exact) mass is 743 g/mol. The molecule has 2 N–H and O–H groups in total. The summed E-state index contributed by atoms with van der Waals surface area (Å²) in [6.45, 7) is 2.67. The lowest BCUT2D eigenvalue weighted by Gasteiger charge is -2.63. The zero-order chi connectivity index (χ0) is 38.6. The number of alkyl halides is 2.